The zero-order chi connectivity index (χ0) is 23.8. The van der Waals surface area contributed by atoms with E-state index in [1.54, 1.807) is 43.5 Å². The fourth-order valence-electron chi connectivity index (χ4n) is 3.30. The van der Waals surface area contributed by atoms with Gasteiger partial charge in [-0.05, 0) is 53.6 Å². The van der Waals surface area contributed by atoms with Crippen molar-refractivity contribution >= 4 is 17.5 Å². The van der Waals surface area contributed by atoms with Crippen LogP contribution in [0.4, 0.5) is 5.69 Å². The molecule has 0 aliphatic carbocycles. The molecule has 0 saturated heterocycles. The van der Waals surface area contributed by atoms with Gasteiger partial charge < -0.3 is 24.5 Å². The lowest BCUT2D eigenvalue weighted by Gasteiger charge is -2.13. The van der Waals surface area contributed by atoms with Crippen LogP contribution in [0.2, 0.25) is 0 Å². The van der Waals surface area contributed by atoms with Crippen LogP contribution in [0.3, 0.4) is 0 Å². The number of methoxy groups -OCH3 is 1. The Morgan fingerprint density at radius 3 is 2.44 bits per heavy atom. The van der Waals surface area contributed by atoms with Crippen LogP contribution >= 0.6 is 0 Å². The van der Waals surface area contributed by atoms with E-state index < -0.39 is 0 Å². The highest BCUT2D eigenvalue weighted by atomic mass is 16.5. The molecule has 2 amide bonds. The normalized spacial score (nSPS) is 10.4. The summed E-state index contributed by atoms with van der Waals surface area (Å²) in [5, 5.41) is 5.60. The van der Waals surface area contributed by atoms with Crippen LogP contribution in [0.5, 0.6) is 11.5 Å². The number of carbonyl (C=O) groups excluding carboxylic acids is 2. The van der Waals surface area contributed by atoms with Crippen molar-refractivity contribution in [3.63, 3.8) is 0 Å². The molecule has 0 spiro atoms. The van der Waals surface area contributed by atoms with Gasteiger partial charge in [-0.25, -0.2) is 0 Å². The number of ether oxygens (including phenoxy) is 2. The van der Waals surface area contributed by atoms with Gasteiger partial charge in [0.2, 0.25) is 0 Å². The van der Waals surface area contributed by atoms with Gasteiger partial charge in [0.1, 0.15) is 6.61 Å². The van der Waals surface area contributed by atoms with Crippen LogP contribution in [0.25, 0.3) is 0 Å². The molecule has 3 aromatic carbocycles. The summed E-state index contributed by atoms with van der Waals surface area (Å²) in [6.07, 6.45) is 1.43. The third kappa shape index (κ3) is 5.83. The Morgan fingerprint density at radius 2 is 1.68 bits per heavy atom. The van der Waals surface area contributed by atoms with Crippen LogP contribution < -0.4 is 20.1 Å². The Bertz CT molecular complexity index is 1250. The highest BCUT2D eigenvalue weighted by Gasteiger charge is 2.12. The van der Waals surface area contributed by atoms with Crippen LogP contribution in [0.1, 0.15) is 32.0 Å². The van der Waals surface area contributed by atoms with Crippen LogP contribution in [0, 0.1) is 0 Å². The van der Waals surface area contributed by atoms with Crippen molar-refractivity contribution in [1.29, 1.82) is 0 Å². The van der Waals surface area contributed by atoms with Crippen LogP contribution in [-0.2, 0) is 13.2 Å². The number of nitrogens with one attached hydrogen (secondary N) is 2. The molecule has 2 N–H and O–H groups in total. The van der Waals surface area contributed by atoms with Gasteiger partial charge in [-0.15, -0.1) is 0 Å². The Kier molecular flexibility index (Phi) is 7.25. The number of hydrogen-bond donors (Lipinski definition) is 2. The van der Waals surface area contributed by atoms with E-state index in [0.29, 0.717) is 35.9 Å². The number of anilines is 1. The molecule has 0 aliphatic rings. The van der Waals surface area contributed by atoms with Crippen LogP contribution in [0.15, 0.2) is 95.6 Å². The average molecular weight is 456 g/mol. The van der Waals surface area contributed by atoms with Crippen molar-refractivity contribution in [3.8, 4) is 11.5 Å². The van der Waals surface area contributed by atoms with Gasteiger partial charge in [0.15, 0.2) is 17.3 Å². The van der Waals surface area contributed by atoms with Crippen molar-refractivity contribution in [2.45, 2.75) is 13.2 Å². The average Bonchev–Trinajstić information content (AvgIpc) is 3.42. The zero-order valence-electron chi connectivity index (χ0n) is 18.6. The molecule has 34 heavy (non-hydrogen) atoms. The minimum Gasteiger partial charge on any atom is -0.493 e. The Morgan fingerprint density at radius 1 is 0.824 bits per heavy atom. The lowest BCUT2D eigenvalue weighted by atomic mass is 10.1. The van der Waals surface area contributed by atoms with Gasteiger partial charge in [0.05, 0.1) is 13.4 Å². The molecule has 1 heterocycles. The molecule has 0 aliphatic heterocycles. The topological polar surface area (TPSA) is 89.8 Å². The first kappa shape index (κ1) is 22.7. The van der Waals surface area contributed by atoms with Gasteiger partial charge in [-0.2, -0.15) is 0 Å². The number of hydrogen-bond acceptors (Lipinski definition) is 5. The Balaban J connectivity index is 1.35. The van der Waals surface area contributed by atoms with Gasteiger partial charge in [0, 0.05) is 17.8 Å². The summed E-state index contributed by atoms with van der Waals surface area (Å²) in [4.78, 5) is 24.8. The van der Waals surface area contributed by atoms with Gasteiger partial charge >= 0.3 is 0 Å². The summed E-state index contributed by atoms with van der Waals surface area (Å²) in [6, 6.07) is 25.3. The second-order valence-electron chi connectivity index (χ2n) is 7.45. The summed E-state index contributed by atoms with van der Waals surface area (Å²) in [5.74, 6) is 0.758. The van der Waals surface area contributed by atoms with E-state index in [0.717, 1.165) is 11.1 Å². The summed E-state index contributed by atoms with van der Waals surface area (Å²) < 4.78 is 16.4. The van der Waals surface area contributed by atoms with E-state index in [1.807, 2.05) is 48.5 Å². The minimum atomic E-state index is -0.385. The third-order valence-corrected chi connectivity index (χ3v) is 5.05. The van der Waals surface area contributed by atoms with Crippen molar-refractivity contribution in [2.24, 2.45) is 0 Å². The molecule has 0 radical (unpaired) electrons. The molecule has 0 fully saturated rings. The second kappa shape index (κ2) is 10.9. The lowest BCUT2D eigenvalue weighted by Crippen LogP contribution is -2.23. The summed E-state index contributed by atoms with van der Waals surface area (Å²) in [7, 11) is 1.58. The highest BCUT2D eigenvalue weighted by molar-refractivity contribution is 6.03. The van der Waals surface area contributed by atoms with Gasteiger partial charge in [-0.3, -0.25) is 9.59 Å². The molecule has 7 heteroatoms. The predicted molar refractivity (Wildman–Crippen MR) is 128 cm³/mol. The number of amides is 2. The molecular formula is C27H24N2O5. The van der Waals surface area contributed by atoms with Gasteiger partial charge in [0.25, 0.3) is 11.8 Å². The molecular weight excluding hydrogens is 432 g/mol. The van der Waals surface area contributed by atoms with E-state index in [2.05, 4.69) is 10.6 Å². The first-order chi connectivity index (χ1) is 16.6. The number of carbonyl (C=O) groups is 2. The summed E-state index contributed by atoms with van der Waals surface area (Å²) >= 11 is 0. The largest absolute Gasteiger partial charge is 0.493 e. The third-order valence-electron chi connectivity index (χ3n) is 5.05. The number of furan rings is 1. The fraction of sp³-hybridized carbons (Fsp3) is 0.111. The molecule has 0 atom stereocenters. The predicted octanol–water partition coefficient (Wildman–Crippen LogP) is 5.05. The first-order valence-electron chi connectivity index (χ1n) is 10.7. The van der Waals surface area contributed by atoms with Crippen molar-refractivity contribution in [3.05, 3.63) is 114 Å². The Hall–Kier alpha value is -4.52. The molecule has 4 rings (SSSR count). The molecule has 1 aromatic heterocycles. The van der Waals surface area contributed by atoms with Crippen molar-refractivity contribution < 1.29 is 23.5 Å². The molecule has 0 unspecified atom stereocenters. The van der Waals surface area contributed by atoms with E-state index in [9.17, 15) is 9.59 Å². The van der Waals surface area contributed by atoms with E-state index in [4.69, 9.17) is 13.9 Å². The van der Waals surface area contributed by atoms with E-state index in [1.165, 1.54) is 6.26 Å². The molecule has 0 saturated carbocycles. The van der Waals surface area contributed by atoms with Gasteiger partial charge in [-0.1, -0.05) is 42.5 Å². The fourth-order valence-corrected chi connectivity index (χ4v) is 3.30. The number of benzene rings is 3. The maximum atomic E-state index is 12.7. The highest BCUT2D eigenvalue weighted by Crippen LogP contribution is 2.29. The van der Waals surface area contributed by atoms with Crippen molar-refractivity contribution in [1.82, 2.24) is 5.32 Å². The second-order valence-corrected chi connectivity index (χ2v) is 7.45. The smallest absolute Gasteiger partial charge is 0.291 e. The number of rotatable bonds is 9. The first-order valence-corrected chi connectivity index (χ1v) is 10.7. The zero-order valence-corrected chi connectivity index (χ0v) is 18.6. The monoisotopic (exact) mass is 456 g/mol. The lowest BCUT2D eigenvalue weighted by molar-refractivity contribution is 0.0949. The SMILES string of the molecule is COc1cc(CNC(=O)c2cccc(NC(=O)c3ccco3)c2)ccc1OCc1ccccc1. The van der Waals surface area contributed by atoms with Crippen molar-refractivity contribution in [2.75, 3.05) is 12.4 Å². The molecule has 4 aromatic rings. The summed E-state index contributed by atoms with van der Waals surface area (Å²) in [6.45, 7) is 0.733. The summed E-state index contributed by atoms with van der Waals surface area (Å²) in [5.41, 5.74) is 2.84. The van der Waals surface area contributed by atoms with E-state index in [-0.39, 0.29) is 17.6 Å². The Labute approximate surface area is 197 Å². The minimum absolute atomic E-state index is 0.194. The quantitative estimate of drug-likeness (QED) is 0.368. The van der Waals surface area contributed by atoms with Crippen LogP contribution in [-0.4, -0.2) is 18.9 Å². The standard InChI is InChI=1S/C27H24N2O5/c1-32-25-15-20(12-13-23(25)34-18-19-7-3-2-4-8-19)17-28-26(30)21-9-5-10-22(16-21)29-27(31)24-11-6-14-33-24/h2-16H,17-18H2,1H3,(H,28,30)(H,29,31). The van der Waals surface area contributed by atoms with E-state index >= 15 is 0 Å². The molecule has 172 valence electrons. The molecule has 7 nitrogen and oxygen atoms in total. The maximum absolute atomic E-state index is 12.7. The molecule has 0 bridgehead atoms. The maximum Gasteiger partial charge on any atom is 0.291 e.